The van der Waals surface area contributed by atoms with E-state index in [1.165, 1.54) is 0 Å². The molecule has 0 bridgehead atoms. The molecule has 0 spiro atoms. The van der Waals surface area contributed by atoms with Gasteiger partial charge in [0.1, 0.15) is 11.5 Å². The maximum atomic E-state index is 12.6. The zero-order chi connectivity index (χ0) is 21.4. The van der Waals surface area contributed by atoms with Crippen LogP contribution in [0.5, 0.6) is 11.5 Å². The van der Waals surface area contributed by atoms with E-state index in [-0.39, 0.29) is 17.7 Å². The first-order chi connectivity index (χ1) is 13.8. The fraction of sp³-hybridized carbons (Fsp3) is 0.364. The van der Waals surface area contributed by atoms with Crippen molar-refractivity contribution in [2.45, 2.75) is 34.1 Å². The Hall–Kier alpha value is -2.73. The number of anilines is 2. The predicted octanol–water partition coefficient (Wildman–Crippen LogP) is 5.37. The molecule has 2 N–H and O–H groups in total. The highest BCUT2D eigenvalue weighted by Crippen LogP contribution is 2.37. The Kier molecular flexibility index (Phi) is 8.34. The van der Waals surface area contributed by atoms with E-state index < -0.39 is 0 Å². The summed E-state index contributed by atoms with van der Waals surface area (Å²) in [5, 5.41) is 6.18. The quantitative estimate of drug-likeness (QED) is 0.573. The molecule has 0 saturated heterocycles. The Bertz CT molecular complexity index is 868. The lowest BCUT2D eigenvalue weighted by atomic mass is 10.1. The zero-order valence-electron chi connectivity index (χ0n) is 17.2. The van der Waals surface area contributed by atoms with Crippen molar-refractivity contribution in [3.63, 3.8) is 0 Å². The molecule has 0 unspecified atom stereocenters. The van der Waals surface area contributed by atoms with Crippen molar-refractivity contribution in [3.8, 4) is 11.5 Å². The van der Waals surface area contributed by atoms with Gasteiger partial charge in [0, 0.05) is 29.1 Å². The minimum absolute atomic E-state index is 0.112. The van der Waals surface area contributed by atoms with Crippen LogP contribution in [-0.4, -0.2) is 25.0 Å². The molecule has 29 heavy (non-hydrogen) atoms. The highest BCUT2D eigenvalue weighted by molar-refractivity contribution is 6.31. The zero-order valence-corrected chi connectivity index (χ0v) is 17.9. The van der Waals surface area contributed by atoms with Crippen LogP contribution in [0.4, 0.5) is 11.4 Å². The maximum Gasteiger partial charge on any atom is 0.255 e. The Balaban J connectivity index is 2.36. The van der Waals surface area contributed by atoms with E-state index >= 15 is 0 Å². The van der Waals surface area contributed by atoms with Crippen molar-refractivity contribution in [2.24, 2.45) is 5.92 Å². The van der Waals surface area contributed by atoms with Crippen LogP contribution in [-0.2, 0) is 4.79 Å². The number of hydrogen-bond donors (Lipinski definition) is 2. The largest absolute Gasteiger partial charge is 0.492 e. The molecule has 0 heterocycles. The molecule has 0 saturated carbocycles. The second-order valence-electron chi connectivity index (χ2n) is 6.82. The monoisotopic (exact) mass is 418 g/mol. The normalized spacial score (nSPS) is 10.6. The lowest BCUT2D eigenvalue weighted by Gasteiger charge is -2.18. The second-order valence-corrected chi connectivity index (χ2v) is 7.26. The number of benzene rings is 2. The average molecular weight is 419 g/mol. The third-order valence-corrected chi connectivity index (χ3v) is 4.12. The molecule has 0 atom stereocenters. The lowest BCUT2D eigenvalue weighted by molar-refractivity contribution is -0.116. The first-order valence-corrected chi connectivity index (χ1v) is 10.0. The molecular formula is C22H27ClN2O4. The van der Waals surface area contributed by atoms with Gasteiger partial charge in [-0.25, -0.2) is 0 Å². The van der Waals surface area contributed by atoms with Gasteiger partial charge >= 0.3 is 0 Å². The van der Waals surface area contributed by atoms with Gasteiger partial charge in [0.15, 0.2) is 0 Å². The van der Waals surface area contributed by atoms with Crippen molar-refractivity contribution in [1.29, 1.82) is 0 Å². The van der Waals surface area contributed by atoms with Crippen LogP contribution >= 0.6 is 11.6 Å². The maximum absolute atomic E-state index is 12.6. The minimum Gasteiger partial charge on any atom is -0.492 e. The van der Waals surface area contributed by atoms with E-state index in [2.05, 4.69) is 10.6 Å². The van der Waals surface area contributed by atoms with Crippen LogP contribution in [0.2, 0.25) is 5.02 Å². The molecule has 0 aliphatic rings. The Morgan fingerprint density at radius 3 is 2.07 bits per heavy atom. The van der Waals surface area contributed by atoms with Gasteiger partial charge < -0.3 is 20.1 Å². The first-order valence-electron chi connectivity index (χ1n) is 9.64. The van der Waals surface area contributed by atoms with Gasteiger partial charge in [-0.05, 0) is 38.0 Å². The molecular weight excluding hydrogens is 392 g/mol. The van der Waals surface area contributed by atoms with E-state index in [1.807, 2.05) is 27.7 Å². The molecule has 0 aromatic heterocycles. The number of nitrogens with one attached hydrogen (secondary N) is 2. The van der Waals surface area contributed by atoms with E-state index in [9.17, 15) is 9.59 Å². The molecule has 2 amide bonds. The summed E-state index contributed by atoms with van der Waals surface area (Å²) in [6.07, 6.45) is 0.392. The van der Waals surface area contributed by atoms with Crippen molar-refractivity contribution < 1.29 is 19.1 Å². The number of hydrogen-bond acceptors (Lipinski definition) is 4. The number of carbonyl (C=O) groups excluding carboxylic acids is 2. The number of amides is 2. The van der Waals surface area contributed by atoms with Crippen molar-refractivity contribution in [3.05, 3.63) is 47.0 Å². The molecule has 6 nitrogen and oxygen atoms in total. The van der Waals surface area contributed by atoms with Crippen molar-refractivity contribution in [2.75, 3.05) is 23.8 Å². The average Bonchev–Trinajstić information content (AvgIpc) is 2.64. The SMILES string of the molecule is CCOc1cc(NC(=O)c2cccc(Cl)c2)c(OCC)cc1NC(=O)CC(C)C. The predicted molar refractivity (Wildman–Crippen MR) is 116 cm³/mol. The van der Waals surface area contributed by atoms with Crippen molar-refractivity contribution >= 4 is 34.8 Å². The number of rotatable bonds is 9. The Morgan fingerprint density at radius 2 is 1.55 bits per heavy atom. The third-order valence-electron chi connectivity index (χ3n) is 3.88. The molecule has 0 aliphatic carbocycles. The van der Waals surface area contributed by atoms with Gasteiger partial charge in [-0.3, -0.25) is 9.59 Å². The van der Waals surface area contributed by atoms with Crippen LogP contribution in [0.3, 0.4) is 0 Å². The Labute approximate surface area is 176 Å². The molecule has 2 rings (SSSR count). The summed E-state index contributed by atoms with van der Waals surface area (Å²) in [5.74, 6) is 0.681. The third kappa shape index (κ3) is 6.68. The van der Waals surface area contributed by atoms with Crippen LogP contribution < -0.4 is 20.1 Å². The number of ether oxygens (including phenoxy) is 2. The van der Waals surface area contributed by atoms with Crippen LogP contribution in [0.1, 0.15) is 44.5 Å². The fourth-order valence-electron chi connectivity index (χ4n) is 2.70. The molecule has 7 heteroatoms. The summed E-state index contributed by atoms with van der Waals surface area (Å²) in [4.78, 5) is 24.9. The number of halogens is 1. The van der Waals surface area contributed by atoms with E-state index in [0.717, 1.165) is 0 Å². The molecule has 2 aromatic rings. The summed E-state index contributed by atoms with van der Waals surface area (Å²) in [6, 6.07) is 9.99. The summed E-state index contributed by atoms with van der Waals surface area (Å²) >= 11 is 5.98. The Morgan fingerprint density at radius 1 is 0.966 bits per heavy atom. The van der Waals surface area contributed by atoms with Gasteiger partial charge in [0.2, 0.25) is 5.91 Å². The summed E-state index contributed by atoms with van der Waals surface area (Å²) < 4.78 is 11.4. The summed E-state index contributed by atoms with van der Waals surface area (Å²) in [5.41, 5.74) is 1.37. The molecule has 0 radical (unpaired) electrons. The van der Waals surface area contributed by atoms with Gasteiger partial charge in [-0.15, -0.1) is 0 Å². The van der Waals surface area contributed by atoms with Crippen molar-refractivity contribution in [1.82, 2.24) is 0 Å². The first kappa shape index (κ1) is 22.6. The van der Waals surface area contributed by atoms with E-state index in [1.54, 1.807) is 36.4 Å². The van der Waals surface area contributed by atoms with E-state index in [4.69, 9.17) is 21.1 Å². The van der Waals surface area contributed by atoms with E-state index in [0.29, 0.717) is 53.1 Å². The number of carbonyl (C=O) groups is 2. The molecule has 0 aliphatic heterocycles. The fourth-order valence-corrected chi connectivity index (χ4v) is 2.89. The molecule has 2 aromatic carbocycles. The summed E-state index contributed by atoms with van der Waals surface area (Å²) in [6.45, 7) is 8.44. The van der Waals surface area contributed by atoms with Crippen LogP contribution in [0.15, 0.2) is 36.4 Å². The topological polar surface area (TPSA) is 76.7 Å². The van der Waals surface area contributed by atoms with Gasteiger partial charge in [0.05, 0.1) is 24.6 Å². The highest BCUT2D eigenvalue weighted by atomic mass is 35.5. The highest BCUT2D eigenvalue weighted by Gasteiger charge is 2.17. The van der Waals surface area contributed by atoms with Gasteiger partial charge in [0.25, 0.3) is 5.91 Å². The lowest BCUT2D eigenvalue weighted by Crippen LogP contribution is -2.16. The van der Waals surface area contributed by atoms with Gasteiger partial charge in [-0.1, -0.05) is 31.5 Å². The molecule has 156 valence electrons. The second kappa shape index (κ2) is 10.7. The standard InChI is InChI=1S/C22H27ClN2O4/c1-5-28-19-13-18(25-22(27)15-8-7-9-16(23)11-15)20(29-6-2)12-17(19)24-21(26)10-14(3)4/h7-9,11-14H,5-6,10H2,1-4H3,(H,24,26)(H,25,27). The van der Waals surface area contributed by atoms with Gasteiger partial charge in [-0.2, -0.15) is 0 Å². The minimum atomic E-state index is -0.326. The smallest absolute Gasteiger partial charge is 0.255 e. The molecule has 0 fully saturated rings. The van der Waals surface area contributed by atoms with Crippen LogP contribution in [0, 0.1) is 5.92 Å². The summed E-state index contributed by atoms with van der Waals surface area (Å²) in [7, 11) is 0. The van der Waals surface area contributed by atoms with Crippen LogP contribution in [0.25, 0.3) is 0 Å².